The molecular formula is C18H18ClN3O3. The molecular weight excluding hydrogens is 342 g/mol. The number of benzene rings is 1. The van der Waals surface area contributed by atoms with Gasteiger partial charge < -0.3 is 15.2 Å². The van der Waals surface area contributed by atoms with Gasteiger partial charge in [-0.25, -0.2) is 0 Å². The van der Waals surface area contributed by atoms with Crippen molar-refractivity contribution < 1.29 is 9.59 Å². The third-order valence-corrected chi connectivity index (χ3v) is 4.48. The molecule has 1 aliphatic heterocycles. The summed E-state index contributed by atoms with van der Waals surface area (Å²) in [6.45, 7) is 0.907. The number of amides is 2. The van der Waals surface area contributed by atoms with Gasteiger partial charge in [0.15, 0.2) is 0 Å². The number of nitrogens with one attached hydrogen (secondary N) is 2. The van der Waals surface area contributed by atoms with E-state index in [0.29, 0.717) is 30.1 Å². The molecule has 3 rings (SSSR count). The van der Waals surface area contributed by atoms with Gasteiger partial charge >= 0.3 is 0 Å². The molecule has 1 unspecified atom stereocenters. The Morgan fingerprint density at radius 1 is 1.20 bits per heavy atom. The molecule has 0 bridgehead atoms. The van der Waals surface area contributed by atoms with Crippen LogP contribution in [0.25, 0.3) is 0 Å². The second kappa shape index (κ2) is 7.53. The molecule has 1 aromatic heterocycles. The maximum atomic E-state index is 12.6. The molecule has 1 fully saturated rings. The van der Waals surface area contributed by atoms with Gasteiger partial charge in [-0.1, -0.05) is 23.7 Å². The van der Waals surface area contributed by atoms with Gasteiger partial charge in [0.05, 0.1) is 5.56 Å². The van der Waals surface area contributed by atoms with Gasteiger partial charge in [0.2, 0.25) is 11.5 Å². The fraction of sp³-hybridized carbons (Fsp3) is 0.278. The van der Waals surface area contributed by atoms with Crippen LogP contribution in [0.1, 0.15) is 28.8 Å². The predicted octanol–water partition coefficient (Wildman–Crippen LogP) is 1.95. The first-order valence-corrected chi connectivity index (χ1v) is 8.44. The molecule has 1 atom stereocenters. The van der Waals surface area contributed by atoms with Gasteiger partial charge in [-0.15, -0.1) is 0 Å². The fourth-order valence-electron chi connectivity index (χ4n) is 2.90. The molecule has 0 radical (unpaired) electrons. The topological polar surface area (TPSA) is 82.3 Å². The predicted molar refractivity (Wildman–Crippen MR) is 94.4 cm³/mol. The first-order chi connectivity index (χ1) is 12.0. The summed E-state index contributed by atoms with van der Waals surface area (Å²) in [5.41, 5.74) is 1.04. The third-order valence-electron chi connectivity index (χ3n) is 4.23. The van der Waals surface area contributed by atoms with Crippen LogP contribution in [-0.4, -0.2) is 34.3 Å². The van der Waals surface area contributed by atoms with Gasteiger partial charge in [0.1, 0.15) is 6.04 Å². The summed E-state index contributed by atoms with van der Waals surface area (Å²) in [5.74, 6) is -0.425. The molecule has 2 N–H and O–H groups in total. The van der Waals surface area contributed by atoms with E-state index >= 15 is 0 Å². The standard InChI is InChI=1S/C18H18ClN3O3/c19-14-6-3-12(4-7-14)10-21-17(24)15-2-1-9-22(15)18(25)13-5-8-16(23)20-11-13/h3-8,11,15H,1-2,9-10H2,(H,20,23)(H,21,24). The van der Waals surface area contributed by atoms with E-state index in [0.717, 1.165) is 12.0 Å². The fourth-order valence-corrected chi connectivity index (χ4v) is 3.03. The van der Waals surface area contributed by atoms with E-state index in [1.165, 1.54) is 18.3 Å². The van der Waals surface area contributed by atoms with Crippen LogP contribution in [0.4, 0.5) is 0 Å². The lowest BCUT2D eigenvalue weighted by molar-refractivity contribution is -0.125. The largest absolute Gasteiger partial charge is 0.350 e. The summed E-state index contributed by atoms with van der Waals surface area (Å²) in [5, 5.41) is 3.51. The Balaban J connectivity index is 1.64. The Hall–Kier alpha value is -2.60. The molecule has 2 amide bonds. The lowest BCUT2D eigenvalue weighted by Gasteiger charge is -2.24. The van der Waals surface area contributed by atoms with Crippen molar-refractivity contribution in [3.63, 3.8) is 0 Å². The van der Waals surface area contributed by atoms with E-state index in [4.69, 9.17) is 11.6 Å². The summed E-state index contributed by atoms with van der Waals surface area (Å²) in [4.78, 5) is 40.3. The monoisotopic (exact) mass is 359 g/mol. The summed E-state index contributed by atoms with van der Waals surface area (Å²) >= 11 is 5.85. The smallest absolute Gasteiger partial charge is 0.256 e. The number of carbonyl (C=O) groups is 2. The number of aromatic nitrogens is 1. The summed E-state index contributed by atoms with van der Waals surface area (Å²) < 4.78 is 0. The summed E-state index contributed by atoms with van der Waals surface area (Å²) in [7, 11) is 0. The molecule has 130 valence electrons. The van der Waals surface area contributed by atoms with Crippen molar-refractivity contribution in [3.05, 3.63) is 69.1 Å². The Bertz CT molecular complexity index is 812. The number of rotatable bonds is 4. The van der Waals surface area contributed by atoms with Crippen molar-refractivity contribution in [3.8, 4) is 0 Å². The Kier molecular flexibility index (Phi) is 5.19. The quantitative estimate of drug-likeness (QED) is 0.875. The Morgan fingerprint density at radius 2 is 1.96 bits per heavy atom. The van der Waals surface area contributed by atoms with E-state index < -0.39 is 6.04 Å². The highest BCUT2D eigenvalue weighted by Crippen LogP contribution is 2.20. The molecule has 6 nitrogen and oxygen atoms in total. The highest BCUT2D eigenvalue weighted by molar-refractivity contribution is 6.30. The number of aromatic amines is 1. The van der Waals surface area contributed by atoms with Crippen molar-refractivity contribution in [2.75, 3.05) is 6.54 Å². The second-order valence-corrected chi connectivity index (χ2v) is 6.38. The zero-order valence-corrected chi connectivity index (χ0v) is 14.3. The summed E-state index contributed by atoms with van der Waals surface area (Å²) in [6, 6.07) is 9.52. The normalized spacial score (nSPS) is 16.7. The van der Waals surface area contributed by atoms with E-state index in [-0.39, 0.29) is 17.4 Å². The second-order valence-electron chi connectivity index (χ2n) is 5.94. The minimum absolute atomic E-state index is 0.176. The first kappa shape index (κ1) is 17.2. The number of likely N-dealkylation sites (tertiary alicyclic amines) is 1. The zero-order chi connectivity index (χ0) is 17.8. The maximum Gasteiger partial charge on any atom is 0.256 e. The third kappa shape index (κ3) is 4.09. The van der Waals surface area contributed by atoms with E-state index in [2.05, 4.69) is 10.3 Å². The minimum atomic E-state index is -0.494. The van der Waals surface area contributed by atoms with Crippen LogP contribution in [0.15, 0.2) is 47.4 Å². The highest BCUT2D eigenvalue weighted by Gasteiger charge is 2.34. The molecule has 0 saturated carbocycles. The van der Waals surface area contributed by atoms with E-state index in [1.54, 1.807) is 17.0 Å². The number of carbonyl (C=O) groups excluding carboxylic acids is 2. The molecule has 2 heterocycles. The first-order valence-electron chi connectivity index (χ1n) is 8.06. The van der Waals surface area contributed by atoms with Gasteiger partial charge in [0, 0.05) is 30.4 Å². The number of H-pyrrole nitrogens is 1. The number of nitrogens with zero attached hydrogens (tertiary/aromatic N) is 1. The van der Waals surface area contributed by atoms with Crippen molar-refractivity contribution in [2.24, 2.45) is 0 Å². The molecule has 25 heavy (non-hydrogen) atoms. The van der Waals surface area contributed by atoms with E-state index in [1.807, 2.05) is 12.1 Å². The van der Waals surface area contributed by atoms with Crippen LogP contribution >= 0.6 is 11.6 Å². The molecule has 1 aliphatic rings. The van der Waals surface area contributed by atoms with Crippen LogP contribution in [0, 0.1) is 0 Å². The molecule has 1 aromatic carbocycles. The van der Waals surface area contributed by atoms with Crippen LogP contribution < -0.4 is 10.9 Å². The minimum Gasteiger partial charge on any atom is -0.350 e. The SMILES string of the molecule is O=C(NCc1ccc(Cl)cc1)C1CCCN1C(=O)c1ccc(=O)[nH]c1. The molecule has 2 aromatic rings. The summed E-state index contributed by atoms with van der Waals surface area (Å²) in [6.07, 6.45) is 2.78. The maximum absolute atomic E-state index is 12.6. The van der Waals surface area contributed by atoms with Crippen LogP contribution in [0.2, 0.25) is 5.02 Å². The molecule has 7 heteroatoms. The van der Waals surface area contributed by atoms with Crippen molar-refractivity contribution >= 4 is 23.4 Å². The van der Waals surface area contributed by atoms with Gasteiger partial charge in [-0.3, -0.25) is 14.4 Å². The van der Waals surface area contributed by atoms with Crippen molar-refractivity contribution in [1.29, 1.82) is 0 Å². The number of hydrogen-bond acceptors (Lipinski definition) is 3. The lowest BCUT2D eigenvalue weighted by atomic mass is 10.1. The van der Waals surface area contributed by atoms with Crippen LogP contribution in [0.5, 0.6) is 0 Å². The Labute approximate surface area is 149 Å². The lowest BCUT2D eigenvalue weighted by Crippen LogP contribution is -2.45. The number of halogens is 1. The van der Waals surface area contributed by atoms with Crippen LogP contribution in [0.3, 0.4) is 0 Å². The van der Waals surface area contributed by atoms with Crippen molar-refractivity contribution in [2.45, 2.75) is 25.4 Å². The number of pyridine rings is 1. The zero-order valence-electron chi connectivity index (χ0n) is 13.5. The van der Waals surface area contributed by atoms with Crippen molar-refractivity contribution in [1.82, 2.24) is 15.2 Å². The van der Waals surface area contributed by atoms with Gasteiger partial charge in [0.25, 0.3) is 5.91 Å². The molecule has 0 spiro atoms. The average Bonchev–Trinajstić information content (AvgIpc) is 3.11. The average molecular weight is 360 g/mol. The van der Waals surface area contributed by atoms with E-state index in [9.17, 15) is 14.4 Å². The Morgan fingerprint density at radius 3 is 2.64 bits per heavy atom. The highest BCUT2D eigenvalue weighted by atomic mass is 35.5. The van der Waals surface area contributed by atoms with Crippen LogP contribution in [-0.2, 0) is 11.3 Å². The number of hydrogen-bond donors (Lipinski definition) is 2. The van der Waals surface area contributed by atoms with Gasteiger partial charge in [-0.05, 0) is 36.6 Å². The van der Waals surface area contributed by atoms with Gasteiger partial charge in [-0.2, -0.15) is 0 Å². The molecule has 0 aliphatic carbocycles. The molecule has 1 saturated heterocycles.